The Morgan fingerprint density at radius 1 is 1.33 bits per heavy atom. The number of aliphatic hydroxyl groups is 1. The Balaban J connectivity index is 1.66. The first-order valence-corrected chi connectivity index (χ1v) is 7.64. The predicted octanol–water partition coefficient (Wildman–Crippen LogP) is 2.37. The maximum Gasteiger partial charge on any atom is 0.251 e. The molecule has 21 heavy (non-hydrogen) atoms. The number of amides is 1. The summed E-state index contributed by atoms with van der Waals surface area (Å²) in [4.78, 5) is 19.4. The molecule has 1 aliphatic carbocycles. The van der Waals surface area contributed by atoms with E-state index in [1.54, 1.807) is 18.2 Å². The first-order chi connectivity index (χ1) is 10.3. The van der Waals surface area contributed by atoms with Gasteiger partial charge in [-0.25, -0.2) is 4.98 Å². The molecule has 0 radical (unpaired) electrons. The van der Waals surface area contributed by atoms with Gasteiger partial charge in [0.05, 0.1) is 11.0 Å². The van der Waals surface area contributed by atoms with Crippen LogP contribution in [0.1, 0.15) is 48.3 Å². The number of carbonyl (C=O) groups excluding carboxylic acids is 1. The Bertz CT molecular complexity index is 629. The molecule has 0 bridgehead atoms. The zero-order valence-electron chi connectivity index (χ0n) is 12.1. The number of hydrogen-bond acceptors (Lipinski definition) is 3. The van der Waals surface area contributed by atoms with Gasteiger partial charge in [0.15, 0.2) is 0 Å². The fourth-order valence-electron chi connectivity index (χ4n) is 3.01. The molecule has 1 heterocycles. The summed E-state index contributed by atoms with van der Waals surface area (Å²) >= 11 is 0. The number of nitrogens with zero attached hydrogens (tertiary/aromatic N) is 1. The van der Waals surface area contributed by atoms with Gasteiger partial charge >= 0.3 is 0 Å². The van der Waals surface area contributed by atoms with E-state index in [1.807, 2.05) is 0 Å². The summed E-state index contributed by atoms with van der Waals surface area (Å²) < 4.78 is 0. The third-order valence-electron chi connectivity index (χ3n) is 4.22. The Labute approximate surface area is 123 Å². The molecular weight excluding hydrogens is 266 g/mol. The summed E-state index contributed by atoms with van der Waals surface area (Å²) in [5, 5.41) is 12.1. The van der Waals surface area contributed by atoms with Gasteiger partial charge in [-0.15, -0.1) is 0 Å². The van der Waals surface area contributed by atoms with E-state index in [4.69, 9.17) is 5.11 Å². The highest BCUT2D eigenvalue weighted by atomic mass is 16.3. The monoisotopic (exact) mass is 287 g/mol. The number of H-pyrrole nitrogens is 1. The van der Waals surface area contributed by atoms with E-state index in [9.17, 15) is 4.79 Å². The van der Waals surface area contributed by atoms with Crippen molar-refractivity contribution in [2.75, 3.05) is 6.54 Å². The van der Waals surface area contributed by atoms with Crippen LogP contribution in [0.2, 0.25) is 0 Å². The van der Waals surface area contributed by atoms with Gasteiger partial charge in [-0.05, 0) is 37.0 Å². The fraction of sp³-hybridized carbons (Fsp3) is 0.500. The van der Waals surface area contributed by atoms with E-state index in [1.165, 1.54) is 32.1 Å². The van der Waals surface area contributed by atoms with Gasteiger partial charge in [-0.3, -0.25) is 4.79 Å². The molecule has 1 aliphatic rings. The zero-order valence-corrected chi connectivity index (χ0v) is 12.1. The van der Waals surface area contributed by atoms with Gasteiger partial charge in [0.2, 0.25) is 0 Å². The van der Waals surface area contributed by atoms with E-state index in [0.29, 0.717) is 17.3 Å². The molecule has 0 atom stereocenters. The molecule has 3 rings (SSSR count). The lowest BCUT2D eigenvalue weighted by Crippen LogP contribution is -2.30. The van der Waals surface area contributed by atoms with Crippen LogP contribution in [-0.4, -0.2) is 27.5 Å². The minimum absolute atomic E-state index is 0.0392. The summed E-state index contributed by atoms with van der Waals surface area (Å²) in [6.07, 6.45) is 6.34. The lowest BCUT2D eigenvalue weighted by Gasteiger charge is -2.21. The molecule has 0 spiro atoms. The second kappa shape index (κ2) is 6.26. The van der Waals surface area contributed by atoms with Crippen LogP contribution in [0.5, 0.6) is 0 Å². The third-order valence-corrected chi connectivity index (χ3v) is 4.22. The highest BCUT2D eigenvalue weighted by Crippen LogP contribution is 2.23. The first-order valence-electron chi connectivity index (χ1n) is 7.64. The summed E-state index contributed by atoms with van der Waals surface area (Å²) in [6.45, 7) is 0.639. The van der Waals surface area contributed by atoms with Gasteiger partial charge < -0.3 is 15.4 Å². The second-order valence-corrected chi connectivity index (χ2v) is 5.79. The molecule has 3 N–H and O–H groups in total. The maximum absolute atomic E-state index is 12.2. The van der Waals surface area contributed by atoms with Crippen molar-refractivity contribution in [1.29, 1.82) is 0 Å². The highest BCUT2D eigenvalue weighted by Gasteiger charge is 2.15. The number of fused-ring (bicyclic) bond motifs is 1. The van der Waals surface area contributed by atoms with Crippen molar-refractivity contribution in [3.8, 4) is 0 Å². The SMILES string of the molecule is O=C(NCC1CCCCC1)c1ccc2nc(CO)[nH]c2c1. The number of imidazole rings is 1. The predicted molar refractivity (Wildman–Crippen MR) is 80.9 cm³/mol. The fourth-order valence-corrected chi connectivity index (χ4v) is 3.01. The van der Waals surface area contributed by atoms with Gasteiger partial charge in [0, 0.05) is 12.1 Å². The average molecular weight is 287 g/mol. The molecule has 0 saturated heterocycles. The number of aliphatic hydroxyl groups excluding tert-OH is 1. The number of carbonyl (C=O) groups is 1. The third kappa shape index (κ3) is 3.24. The number of benzene rings is 1. The van der Waals surface area contributed by atoms with Crippen LogP contribution in [0.15, 0.2) is 18.2 Å². The Morgan fingerprint density at radius 3 is 2.90 bits per heavy atom. The van der Waals surface area contributed by atoms with Crippen LogP contribution in [0, 0.1) is 5.92 Å². The van der Waals surface area contributed by atoms with E-state index in [2.05, 4.69) is 15.3 Å². The molecule has 1 saturated carbocycles. The van der Waals surface area contributed by atoms with Crippen molar-refractivity contribution >= 4 is 16.9 Å². The Hall–Kier alpha value is -1.88. The average Bonchev–Trinajstić information content (AvgIpc) is 2.95. The molecule has 2 aromatic rings. The number of rotatable bonds is 4. The van der Waals surface area contributed by atoms with Crippen LogP contribution in [-0.2, 0) is 6.61 Å². The van der Waals surface area contributed by atoms with Crippen LogP contribution in [0.4, 0.5) is 0 Å². The molecule has 1 aromatic heterocycles. The van der Waals surface area contributed by atoms with E-state index in [0.717, 1.165) is 17.6 Å². The van der Waals surface area contributed by atoms with Crippen molar-refractivity contribution in [2.24, 2.45) is 5.92 Å². The number of aromatic nitrogens is 2. The molecule has 5 heteroatoms. The van der Waals surface area contributed by atoms with Crippen LogP contribution >= 0.6 is 0 Å². The van der Waals surface area contributed by atoms with Gasteiger partial charge in [0.1, 0.15) is 12.4 Å². The van der Waals surface area contributed by atoms with Crippen molar-refractivity contribution in [3.05, 3.63) is 29.6 Å². The summed E-state index contributed by atoms with van der Waals surface area (Å²) in [6, 6.07) is 5.37. The summed E-state index contributed by atoms with van der Waals surface area (Å²) in [7, 11) is 0. The molecule has 1 aromatic carbocycles. The van der Waals surface area contributed by atoms with Crippen molar-refractivity contribution in [1.82, 2.24) is 15.3 Å². The zero-order chi connectivity index (χ0) is 14.7. The Kier molecular flexibility index (Phi) is 4.20. The van der Waals surface area contributed by atoms with Crippen molar-refractivity contribution < 1.29 is 9.90 Å². The maximum atomic E-state index is 12.2. The lowest BCUT2D eigenvalue weighted by molar-refractivity contribution is 0.0943. The molecule has 0 unspecified atom stereocenters. The topological polar surface area (TPSA) is 78.0 Å². The highest BCUT2D eigenvalue weighted by molar-refractivity contribution is 5.97. The second-order valence-electron chi connectivity index (χ2n) is 5.79. The molecule has 1 fully saturated rings. The molecular formula is C16H21N3O2. The van der Waals surface area contributed by atoms with Gasteiger partial charge in [0.25, 0.3) is 5.91 Å². The number of nitrogens with one attached hydrogen (secondary N) is 2. The molecule has 1 amide bonds. The molecule has 112 valence electrons. The normalized spacial score (nSPS) is 16.2. The Morgan fingerprint density at radius 2 is 2.14 bits per heavy atom. The summed E-state index contributed by atoms with van der Waals surface area (Å²) in [5.74, 6) is 1.10. The summed E-state index contributed by atoms with van der Waals surface area (Å²) in [5.41, 5.74) is 2.18. The van der Waals surface area contributed by atoms with E-state index >= 15 is 0 Å². The molecule has 0 aliphatic heterocycles. The smallest absolute Gasteiger partial charge is 0.251 e. The number of hydrogen-bond donors (Lipinski definition) is 3. The van der Waals surface area contributed by atoms with Gasteiger partial charge in [-0.1, -0.05) is 19.3 Å². The van der Waals surface area contributed by atoms with Crippen LogP contribution < -0.4 is 5.32 Å². The largest absolute Gasteiger partial charge is 0.388 e. The van der Waals surface area contributed by atoms with Crippen molar-refractivity contribution in [2.45, 2.75) is 38.7 Å². The minimum Gasteiger partial charge on any atom is -0.388 e. The standard InChI is InChI=1S/C16H21N3O2/c20-10-15-18-13-7-6-12(8-14(13)19-15)16(21)17-9-11-4-2-1-3-5-11/h6-8,11,20H,1-5,9-10H2,(H,17,21)(H,18,19). The lowest BCUT2D eigenvalue weighted by atomic mass is 9.89. The molecule has 5 nitrogen and oxygen atoms in total. The quantitative estimate of drug-likeness (QED) is 0.808. The van der Waals surface area contributed by atoms with Crippen LogP contribution in [0.3, 0.4) is 0 Å². The number of aromatic amines is 1. The van der Waals surface area contributed by atoms with E-state index < -0.39 is 0 Å². The van der Waals surface area contributed by atoms with E-state index in [-0.39, 0.29) is 12.5 Å². The minimum atomic E-state index is -0.127. The van der Waals surface area contributed by atoms with Gasteiger partial charge in [-0.2, -0.15) is 0 Å². The van der Waals surface area contributed by atoms with Crippen molar-refractivity contribution in [3.63, 3.8) is 0 Å². The van der Waals surface area contributed by atoms with Crippen LogP contribution in [0.25, 0.3) is 11.0 Å². The first kappa shape index (κ1) is 14.1.